The highest BCUT2D eigenvalue weighted by Gasteiger charge is 2.27. The van der Waals surface area contributed by atoms with Crippen LogP contribution in [0.25, 0.3) is 0 Å². The van der Waals surface area contributed by atoms with E-state index in [4.69, 9.17) is 9.47 Å². The molecule has 2 heterocycles. The summed E-state index contributed by atoms with van der Waals surface area (Å²) in [7, 11) is 1.40. The lowest BCUT2D eigenvalue weighted by molar-refractivity contribution is 0.0910. The number of piperidine rings is 1. The van der Waals surface area contributed by atoms with Crippen molar-refractivity contribution in [3.05, 3.63) is 29.6 Å². The number of methoxy groups -OCH3 is 1. The number of nitrogens with zero attached hydrogens (tertiary/aromatic N) is 1. The van der Waals surface area contributed by atoms with Crippen LogP contribution >= 0.6 is 0 Å². The Morgan fingerprint density at radius 3 is 2.79 bits per heavy atom. The summed E-state index contributed by atoms with van der Waals surface area (Å²) in [6.07, 6.45) is 3.28. The van der Waals surface area contributed by atoms with Crippen LogP contribution < -0.4 is 10.1 Å². The second-order valence-electron chi connectivity index (χ2n) is 6.56. The van der Waals surface area contributed by atoms with Gasteiger partial charge in [-0.15, -0.1) is 0 Å². The van der Waals surface area contributed by atoms with Gasteiger partial charge in [-0.05, 0) is 56.5 Å². The van der Waals surface area contributed by atoms with Gasteiger partial charge in [-0.3, -0.25) is 9.69 Å². The lowest BCUT2D eigenvalue weighted by atomic mass is 9.95. The standard InChI is InChI=1S/C18H25FN2O3/c1-23-17-3-2-14(10-16(17)19)18(22)20-11-13-4-7-21(8-5-13)15-6-9-24-12-15/h2-3,10,13,15H,4-9,11-12H2,1H3,(H,20,22)/t15-/m1/s1. The number of hydrogen-bond acceptors (Lipinski definition) is 4. The molecule has 0 bridgehead atoms. The maximum atomic E-state index is 13.7. The first-order valence-corrected chi connectivity index (χ1v) is 8.61. The molecule has 2 fully saturated rings. The van der Waals surface area contributed by atoms with E-state index in [1.54, 1.807) is 6.07 Å². The molecule has 24 heavy (non-hydrogen) atoms. The van der Waals surface area contributed by atoms with Crippen LogP contribution in [-0.2, 0) is 4.74 Å². The largest absolute Gasteiger partial charge is 0.494 e. The monoisotopic (exact) mass is 336 g/mol. The number of carbonyl (C=O) groups is 1. The van der Waals surface area contributed by atoms with Gasteiger partial charge < -0.3 is 14.8 Å². The average molecular weight is 336 g/mol. The van der Waals surface area contributed by atoms with E-state index in [0.29, 0.717) is 24.1 Å². The van der Waals surface area contributed by atoms with Crippen molar-refractivity contribution in [3.8, 4) is 5.75 Å². The van der Waals surface area contributed by atoms with Gasteiger partial charge in [0.05, 0.1) is 13.7 Å². The normalized spacial score (nSPS) is 22.5. The third-order valence-electron chi connectivity index (χ3n) is 5.04. The van der Waals surface area contributed by atoms with E-state index in [1.165, 1.54) is 19.2 Å². The number of amides is 1. The second kappa shape index (κ2) is 7.94. The zero-order valence-electron chi connectivity index (χ0n) is 14.1. The van der Waals surface area contributed by atoms with Gasteiger partial charge in [0, 0.05) is 24.8 Å². The van der Waals surface area contributed by atoms with Crippen molar-refractivity contribution in [2.24, 2.45) is 5.92 Å². The highest BCUT2D eigenvalue weighted by molar-refractivity contribution is 5.94. The summed E-state index contributed by atoms with van der Waals surface area (Å²) in [4.78, 5) is 14.7. The molecule has 1 aromatic rings. The number of carbonyl (C=O) groups excluding carboxylic acids is 1. The molecule has 2 saturated heterocycles. The van der Waals surface area contributed by atoms with Crippen molar-refractivity contribution in [1.29, 1.82) is 0 Å². The number of nitrogens with one attached hydrogen (secondary N) is 1. The smallest absolute Gasteiger partial charge is 0.251 e. The number of benzene rings is 1. The minimum absolute atomic E-state index is 0.148. The molecule has 0 unspecified atom stereocenters. The first-order valence-electron chi connectivity index (χ1n) is 8.61. The van der Waals surface area contributed by atoms with E-state index >= 15 is 0 Å². The van der Waals surface area contributed by atoms with E-state index in [9.17, 15) is 9.18 Å². The molecule has 1 atom stereocenters. The Hall–Kier alpha value is -1.66. The molecular weight excluding hydrogens is 311 g/mol. The van der Waals surface area contributed by atoms with Crippen LogP contribution in [0.2, 0.25) is 0 Å². The summed E-state index contributed by atoms with van der Waals surface area (Å²) >= 11 is 0. The summed E-state index contributed by atoms with van der Waals surface area (Å²) in [5.41, 5.74) is 0.328. The van der Waals surface area contributed by atoms with E-state index < -0.39 is 5.82 Å². The summed E-state index contributed by atoms with van der Waals surface area (Å²) in [6, 6.07) is 4.85. The van der Waals surface area contributed by atoms with E-state index in [2.05, 4.69) is 10.2 Å². The average Bonchev–Trinajstić information content (AvgIpc) is 3.14. The van der Waals surface area contributed by atoms with Crippen LogP contribution in [0.15, 0.2) is 18.2 Å². The number of rotatable bonds is 5. The fourth-order valence-corrected chi connectivity index (χ4v) is 3.48. The number of halogens is 1. The molecule has 0 aromatic heterocycles. The molecule has 0 aliphatic carbocycles. The molecule has 0 radical (unpaired) electrons. The SMILES string of the molecule is COc1ccc(C(=O)NCC2CCN([C@@H]3CCOC3)CC2)cc1F. The van der Waals surface area contributed by atoms with Crippen molar-refractivity contribution >= 4 is 5.91 Å². The fourth-order valence-electron chi connectivity index (χ4n) is 3.48. The van der Waals surface area contributed by atoms with Gasteiger partial charge in [-0.1, -0.05) is 0 Å². The quantitative estimate of drug-likeness (QED) is 0.894. The van der Waals surface area contributed by atoms with Crippen LogP contribution in [-0.4, -0.2) is 56.8 Å². The Kier molecular flexibility index (Phi) is 5.68. The number of hydrogen-bond donors (Lipinski definition) is 1. The second-order valence-corrected chi connectivity index (χ2v) is 6.56. The first kappa shape index (κ1) is 17.2. The van der Waals surface area contributed by atoms with E-state index in [-0.39, 0.29) is 11.7 Å². The zero-order chi connectivity index (χ0) is 16.9. The van der Waals surface area contributed by atoms with Gasteiger partial charge in [0.1, 0.15) is 0 Å². The van der Waals surface area contributed by atoms with Crippen molar-refractivity contribution in [2.75, 3.05) is 40.0 Å². The molecule has 1 aromatic carbocycles. The zero-order valence-corrected chi connectivity index (χ0v) is 14.1. The highest BCUT2D eigenvalue weighted by Crippen LogP contribution is 2.22. The molecule has 1 amide bonds. The van der Waals surface area contributed by atoms with Crippen molar-refractivity contribution < 1.29 is 18.7 Å². The summed E-state index contributed by atoms with van der Waals surface area (Å²) < 4.78 is 24.0. The lowest BCUT2D eigenvalue weighted by Crippen LogP contribution is -2.43. The predicted octanol–water partition coefficient (Wildman–Crippen LogP) is 2.06. The van der Waals surface area contributed by atoms with Crippen molar-refractivity contribution in [3.63, 3.8) is 0 Å². The molecule has 0 spiro atoms. The summed E-state index contributed by atoms with van der Waals surface area (Å²) in [5, 5.41) is 2.93. The Morgan fingerprint density at radius 1 is 1.38 bits per heavy atom. The Labute approximate surface area is 142 Å². The van der Waals surface area contributed by atoms with Gasteiger partial charge in [0.15, 0.2) is 11.6 Å². The molecule has 132 valence electrons. The number of ether oxygens (including phenoxy) is 2. The van der Waals surface area contributed by atoms with Crippen LogP contribution in [0.3, 0.4) is 0 Å². The highest BCUT2D eigenvalue weighted by atomic mass is 19.1. The molecule has 6 heteroatoms. The van der Waals surface area contributed by atoms with Crippen LogP contribution in [0.1, 0.15) is 29.6 Å². The van der Waals surface area contributed by atoms with Gasteiger partial charge in [0.2, 0.25) is 0 Å². The molecule has 2 aliphatic heterocycles. The van der Waals surface area contributed by atoms with Gasteiger partial charge in [-0.2, -0.15) is 0 Å². The predicted molar refractivity (Wildman–Crippen MR) is 88.8 cm³/mol. The first-order chi connectivity index (χ1) is 11.7. The van der Waals surface area contributed by atoms with Crippen LogP contribution in [0.4, 0.5) is 4.39 Å². The van der Waals surface area contributed by atoms with Crippen LogP contribution in [0, 0.1) is 11.7 Å². The van der Waals surface area contributed by atoms with Crippen molar-refractivity contribution in [1.82, 2.24) is 10.2 Å². The van der Waals surface area contributed by atoms with Crippen molar-refractivity contribution in [2.45, 2.75) is 25.3 Å². The Morgan fingerprint density at radius 2 is 2.17 bits per heavy atom. The minimum Gasteiger partial charge on any atom is -0.494 e. The molecule has 0 saturated carbocycles. The van der Waals surface area contributed by atoms with Gasteiger partial charge in [0.25, 0.3) is 5.91 Å². The Balaban J connectivity index is 1.44. The topological polar surface area (TPSA) is 50.8 Å². The van der Waals surface area contributed by atoms with E-state index in [1.807, 2.05) is 0 Å². The minimum atomic E-state index is -0.516. The molecule has 2 aliphatic rings. The van der Waals surface area contributed by atoms with Crippen LogP contribution in [0.5, 0.6) is 5.75 Å². The van der Waals surface area contributed by atoms with Gasteiger partial charge in [-0.25, -0.2) is 4.39 Å². The number of likely N-dealkylation sites (tertiary alicyclic amines) is 1. The Bertz CT molecular complexity index is 567. The molecule has 1 N–H and O–H groups in total. The third-order valence-corrected chi connectivity index (χ3v) is 5.04. The van der Waals surface area contributed by atoms with E-state index in [0.717, 1.165) is 45.6 Å². The van der Waals surface area contributed by atoms with Gasteiger partial charge >= 0.3 is 0 Å². The molecule has 3 rings (SSSR count). The maximum Gasteiger partial charge on any atom is 0.251 e. The lowest BCUT2D eigenvalue weighted by Gasteiger charge is -2.35. The molecule has 5 nitrogen and oxygen atoms in total. The summed E-state index contributed by atoms with van der Waals surface area (Å²) in [6.45, 7) is 4.49. The fraction of sp³-hybridized carbons (Fsp3) is 0.611. The maximum absolute atomic E-state index is 13.7. The summed E-state index contributed by atoms with van der Waals surface area (Å²) in [5.74, 6) is -0.120. The molecular formula is C18H25FN2O3. The third kappa shape index (κ3) is 4.05.